The van der Waals surface area contributed by atoms with Crippen LogP contribution < -0.4 is 15.4 Å². The third-order valence-corrected chi connectivity index (χ3v) is 7.26. The van der Waals surface area contributed by atoms with E-state index in [1.807, 2.05) is 48.5 Å². The zero-order chi connectivity index (χ0) is 24.3. The fourth-order valence-electron chi connectivity index (χ4n) is 3.51. The maximum Gasteiger partial charge on any atom is 0.308 e. The number of para-hydroxylation sites is 2. The van der Waals surface area contributed by atoms with E-state index in [4.69, 9.17) is 9.88 Å². The van der Waals surface area contributed by atoms with Gasteiger partial charge in [-0.2, -0.15) is 0 Å². The predicted octanol–water partition coefficient (Wildman–Crippen LogP) is 3.90. The molecule has 0 bridgehead atoms. The van der Waals surface area contributed by atoms with Gasteiger partial charge in [0.05, 0.1) is 22.7 Å². The van der Waals surface area contributed by atoms with Crippen molar-refractivity contribution in [2.24, 2.45) is 5.14 Å². The van der Waals surface area contributed by atoms with Crippen molar-refractivity contribution >= 4 is 50.7 Å². The molecule has 3 aromatic rings. The molecule has 176 valence electrons. The number of amides is 1. The lowest BCUT2D eigenvalue weighted by Gasteiger charge is -2.32. The number of primary sulfonamides is 1. The molecule has 34 heavy (non-hydrogen) atoms. The molecule has 0 saturated heterocycles. The fourth-order valence-corrected chi connectivity index (χ4v) is 5.12. The zero-order valence-electron chi connectivity index (χ0n) is 18.3. The van der Waals surface area contributed by atoms with Crippen molar-refractivity contribution in [3.05, 3.63) is 72.8 Å². The second kappa shape index (κ2) is 9.88. The first-order valence-corrected chi connectivity index (χ1v) is 12.9. The summed E-state index contributed by atoms with van der Waals surface area (Å²) in [7, 11) is -3.82. The number of nitrogens with zero attached hydrogens (tertiary/aromatic N) is 1. The first-order chi connectivity index (χ1) is 16.2. The maximum atomic E-state index is 12.5. The van der Waals surface area contributed by atoms with Gasteiger partial charge in [-0.1, -0.05) is 36.0 Å². The monoisotopic (exact) mass is 497 g/mol. The largest absolute Gasteiger partial charge is 0.452 e. The van der Waals surface area contributed by atoms with Crippen LogP contribution in [0.5, 0.6) is 0 Å². The molecule has 0 spiro atoms. The smallest absolute Gasteiger partial charge is 0.308 e. The molecule has 1 aliphatic heterocycles. The van der Waals surface area contributed by atoms with E-state index in [2.05, 4.69) is 10.2 Å². The number of carbonyl (C=O) groups is 2. The van der Waals surface area contributed by atoms with Crippen molar-refractivity contribution in [1.82, 2.24) is 0 Å². The Hall–Kier alpha value is -3.34. The van der Waals surface area contributed by atoms with Crippen LogP contribution in [0, 0.1) is 0 Å². The molecule has 0 radical (unpaired) electrons. The number of nitrogens with two attached hydrogens (primary N) is 1. The van der Waals surface area contributed by atoms with Crippen LogP contribution in [0.15, 0.2) is 87.5 Å². The molecule has 1 heterocycles. The molecule has 8 nitrogen and oxygen atoms in total. The second-order valence-electron chi connectivity index (χ2n) is 7.63. The van der Waals surface area contributed by atoms with Crippen LogP contribution in [0.4, 0.5) is 17.1 Å². The maximum absolute atomic E-state index is 12.5. The van der Waals surface area contributed by atoms with E-state index < -0.39 is 28.0 Å². The average molecular weight is 498 g/mol. The van der Waals surface area contributed by atoms with Crippen molar-refractivity contribution in [3.8, 4) is 0 Å². The summed E-state index contributed by atoms with van der Waals surface area (Å²) in [6.45, 7) is 1.88. The van der Waals surface area contributed by atoms with Crippen molar-refractivity contribution in [1.29, 1.82) is 0 Å². The standard InChI is InChI=1S/C24H23N3O5S2/c1-16(24(29)26-17-10-12-18(13-11-17)34(25,30)31)32-23(28)14-15-27-19-6-2-4-8-21(19)33-22-9-5-3-7-20(22)27/h2-13,16H,14-15H2,1H3,(H,26,29)(H2,25,30,31)/t16-/m1/s1. The number of ether oxygens (including phenoxy) is 1. The molecule has 0 fully saturated rings. The van der Waals surface area contributed by atoms with Gasteiger partial charge >= 0.3 is 5.97 Å². The highest BCUT2D eigenvalue weighted by atomic mass is 32.2. The van der Waals surface area contributed by atoms with Gasteiger partial charge < -0.3 is 15.0 Å². The minimum Gasteiger partial charge on any atom is -0.452 e. The van der Waals surface area contributed by atoms with Crippen LogP contribution in [0.25, 0.3) is 0 Å². The van der Waals surface area contributed by atoms with E-state index in [1.54, 1.807) is 11.8 Å². The molecule has 3 aromatic carbocycles. The number of carbonyl (C=O) groups excluding carboxylic acids is 2. The second-order valence-corrected chi connectivity index (χ2v) is 10.3. The minimum absolute atomic E-state index is 0.0655. The summed E-state index contributed by atoms with van der Waals surface area (Å²) in [5.74, 6) is -1.03. The zero-order valence-corrected chi connectivity index (χ0v) is 19.9. The summed E-state index contributed by atoms with van der Waals surface area (Å²) < 4.78 is 28.0. The Morgan fingerprint density at radius 2 is 1.53 bits per heavy atom. The molecule has 1 amide bonds. The van der Waals surface area contributed by atoms with E-state index in [0.717, 1.165) is 21.2 Å². The molecule has 0 unspecified atom stereocenters. The van der Waals surface area contributed by atoms with Crippen LogP contribution in [0.3, 0.4) is 0 Å². The molecule has 1 atom stereocenters. The Morgan fingerprint density at radius 1 is 0.971 bits per heavy atom. The van der Waals surface area contributed by atoms with Gasteiger partial charge in [0.15, 0.2) is 6.10 Å². The number of rotatable bonds is 7. The molecule has 0 aliphatic carbocycles. The van der Waals surface area contributed by atoms with Crippen LogP contribution >= 0.6 is 11.8 Å². The molecule has 0 saturated carbocycles. The highest BCUT2D eigenvalue weighted by molar-refractivity contribution is 7.99. The van der Waals surface area contributed by atoms with Gasteiger partial charge in [-0.05, 0) is 55.5 Å². The normalized spacial score (nSPS) is 13.4. The predicted molar refractivity (Wildman–Crippen MR) is 131 cm³/mol. The van der Waals surface area contributed by atoms with E-state index in [0.29, 0.717) is 12.2 Å². The van der Waals surface area contributed by atoms with Crippen LogP contribution in [-0.2, 0) is 24.3 Å². The van der Waals surface area contributed by atoms with Crippen molar-refractivity contribution in [3.63, 3.8) is 0 Å². The molecule has 10 heteroatoms. The summed E-state index contributed by atoms with van der Waals surface area (Å²) in [5.41, 5.74) is 2.40. The fraction of sp³-hybridized carbons (Fsp3) is 0.167. The first-order valence-electron chi connectivity index (χ1n) is 10.5. The highest BCUT2D eigenvalue weighted by Gasteiger charge is 2.24. The lowest BCUT2D eigenvalue weighted by Crippen LogP contribution is -2.31. The number of anilines is 3. The number of nitrogens with one attached hydrogen (secondary N) is 1. The van der Waals surface area contributed by atoms with Crippen LogP contribution in [-0.4, -0.2) is 32.9 Å². The van der Waals surface area contributed by atoms with Gasteiger partial charge in [0.1, 0.15) is 0 Å². The van der Waals surface area contributed by atoms with Gasteiger partial charge in [0.25, 0.3) is 5.91 Å². The van der Waals surface area contributed by atoms with E-state index in [9.17, 15) is 18.0 Å². The van der Waals surface area contributed by atoms with Crippen molar-refractivity contribution < 1.29 is 22.7 Å². The third kappa shape index (κ3) is 5.41. The lowest BCUT2D eigenvalue weighted by molar-refractivity contribution is -0.152. The third-order valence-electron chi connectivity index (χ3n) is 5.20. The Bertz CT molecular complexity index is 1280. The van der Waals surface area contributed by atoms with Crippen LogP contribution in [0.2, 0.25) is 0 Å². The van der Waals surface area contributed by atoms with E-state index in [-0.39, 0.29) is 11.3 Å². The Labute approximate surface area is 202 Å². The molecule has 4 rings (SSSR count). The summed E-state index contributed by atoms with van der Waals surface area (Å²) >= 11 is 1.69. The summed E-state index contributed by atoms with van der Waals surface area (Å²) in [6, 6.07) is 21.4. The van der Waals surface area contributed by atoms with Gasteiger partial charge in [-0.15, -0.1) is 0 Å². The molecule has 0 aromatic heterocycles. The van der Waals surface area contributed by atoms with Crippen molar-refractivity contribution in [2.45, 2.75) is 34.1 Å². The van der Waals surface area contributed by atoms with E-state index >= 15 is 0 Å². The van der Waals surface area contributed by atoms with Crippen molar-refractivity contribution in [2.75, 3.05) is 16.8 Å². The average Bonchev–Trinajstić information content (AvgIpc) is 2.81. The molecule has 3 N–H and O–H groups in total. The van der Waals surface area contributed by atoms with Gasteiger partial charge in [-0.25, -0.2) is 13.6 Å². The SMILES string of the molecule is C[C@@H](OC(=O)CCN1c2ccccc2Sc2ccccc21)C(=O)Nc1ccc(S(N)(=O)=O)cc1. The Morgan fingerprint density at radius 3 is 2.09 bits per heavy atom. The Balaban J connectivity index is 1.36. The number of esters is 1. The molecular weight excluding hydrogens is 474 g/mol. The highest BCUT2D eigenvalue weighted by Crippen LogP contribution is 2.47. The number of benzene rings is 3. The molecular formula is C24H23N3O5S2. The number of hydrogen-bond donors (Lipinski definition) is 2. The number of sulfonamides is 1. The van der Waals surface area contributed by atoms with E-state index in [1.165, 1.54) is 31.2 Å². The minimum atomic E-state index is -3.82. The van der Waals surface area contributed by atoms with Gasteiger partial charge in [0.2, 0.25) is 10.0 Å². The lowest BCUT2D eigenvalue weighted by atomic mass is 10.2. The topological polar surface area (TPSA) is 119 Å². The van der Waals surface area contributed by atoms with Crippen LogP contribution in [0.1, 0.15) is 13.3 Å². The summed E-state index contributed by atoms with van der Waals surface area (Å²) in [5, 5.41) is 7.66. The summed E-state index contributed by atoms with van der Waals surface area (Å²) in [6.07, 6.45) is -0.935. The number of fused-ring (bicyclic) bond motifs is 2. The Kier molecular flexibility index (Phi) is 6.92. The molecule has 1 aliphatic rings. The quantitative estimate of drug-likeness (QED) is 0.475. The number of hydrogen-bond acceptors (Lipinski definition) is 7. The first kappa shape index (κ1) is 23.8. The summed E-state index contributed by atoms with van der Waals surface area (Å²) in [4.78, 5) is 29.2. The van der Waals surface area contributed by atoms with Gasteiger partial charge in [0, 0.05) is 22.0 Å². The van der Waals surface area contributed by atoms with Gasteiger partial charge in [-0.3, -0.25) is 9.59 Å².